The minimum absolute atomic E-state index is 0.125. The molecule has 3 rings (SSSR count). The fourth-order valence-corrected chi connectivity index (χ4v) is 2.91. The number of hydrogen-bond acceptors (Lipinski definition) is 4. The van der Waals surface area contributed by atoms with Crippen molar-refractivity contribution in [3.63, 3.8) is 0 Å². The number of aliphatic hydroxyl groups excluding tert-OH is 1. The second-order valence-electron chi connectivity index (χ2n) is 5.53. The molecular formula is C14H16F3N3O2. The Morgan fingerprint density at radius 1 is 1.36 bits per heavy atom. The highest BCUT2D eigenvalue weighted by Crippen LogP contribution is 2.38. The standard InChI is InChI=1S/C14H16F3N3O2/c1-3-10-7(2)12(21)13(22-10)20-9-6-4-5-8(14(15,16)17)11(9)18-19-20/h4-7,10,12-13,21H,3H2,1-2H3/t7-,10-,12-,13-/m1/s1. The Balaban J connectivity index is 2.07. The number of aromatic nitrogens is 3. The van der Waals surface area contributed by atoms with Gasteiger partial charge in [-0.05, 0) is 18.6 Å². The molecule has 1 N–H and O–H groups in total. The normalized spacial score (nSPS) is 29.4. The maximum atomic E-state index is 13.0. The number of nitrogens with zero attached hydrogens (tertiary/aromatic N) is 3. The van der Waals surface area contributed by atoms with E-state index in [-0.39, 0.29) is 23.1 Å². The number of ether oxygens (including phenoxy) is 1. The molecule has 0 saturated carbocycles. The average molecular weight is 315 g/mol. The van der Waals surface area contributed by atoms with Gasteiger partial charge in [0, 0.05) is 5.92 Å². The lowest BCUT2D eigenvalue weighted by atomic mass is 9.99. The van der Waals surface area contributed by atoms with Gasteiger partial charge in [-0.2, -0.15) is 13.2 Å². The molecule has 0 aliphatic carbocycles. The van der Waals surface area contributed by atoms with Gasteiger partial charge in [0.15, 0.2) is 6.23 Å². The Morgan fingerprint density at radius 3 is 2.68 bits per heavy atom. The lowest BCUT2D eigenvalue weighted by Gasteiger charge is -2.16. The SMILES string of the molecule is CC[C@H]1O[C@@H](n2nnc3c(C(F)(F)F)cccc32)[C@H](O)[C@@H]1C. The summed E-state index contributed by atoms with van der Waals surface area (Å²) in [5.41, 5.74) is -0.884. The van der Waals surface area contributed by atoms with Crippen molar-refractivity contribution in [2.24, 2.45) is 5.92 Å². The molecule has 8 heteroatoms. The smallest absolute Gasteiger partial charge is 0.388 e. The molecular weight excluding hydrogens is 299 g/mol. The molecule has 0 bridgehead atoms. The van der Waals surface area contributed by atoms with Crippen LogP contribution in [0.5, 0.6) is 0 Å². The fourth-order valence-electron chi connectivity index (χ4n) is 2.91. The molecule has 0 unspecified atom stereocenters. The van der Waals surface area contributed by atoms with Gasteiger partial charge in [-0.1, -0.05) is 25.1 Å². The number of rotatable bonds is 2. The van der Waals surface area contributed by atoms with Gasteiger partial charge in [-0.25, -0.2) is 4.68 Å². The predicted molar refractivity (Wildman–Crippen MR) is 71.9 cm³/mol. The van der Waals surface area contributed by atoms with E-state index in [9.17, 15) is 18.3 Å². The third kappa shape index (κ3) is 2.26. The van der Waals surface area contributed by atoms with E-state index in [1.807, 2.05) is 13.8 Å². The van der Waals surface area contributed by atoms with Crippen molar-refractivity contribution >= 4 is 11.0 Å². The van der Waals surface area contributed by atoms with Crippen LogP contribution in [-0.4, -0.2) is 32.3 Å². The van der Waals surface area contributed by atoms with Crippen LogP contribution >= 0.6 is 0 Å². The number of hydrogen-bond donors (Lipinski definition) is 1. The third-order valence-corrected chi connectivity index (χ3v) is 4.18. The number of aliphatic hydroxyl groups is 1. The summed E-state index contributed by atoms with van der Waals surface area (Å²) < 4.78 is 46.0. The lowest BCUT2D eigenvalue weighted by Crippen LogP contribution is -2.24. The van der Waals surface area contributed by atoms with Gasteiger partial charge in [0.05, 0.1) is 17.2 Å². The second kappa shape index (κ2) is 5.20. The average Bonchev–Trinajstić information content (AvgIpc) is 3.00. The highest BCUT2D eigenvalue weighted by Gasteiger charge is 2.42. The van der Waals surface area contributed by atoms with E-state index >= 15 is 0 Å². The zero-order chi connectivity index (χ0) is 16.1. The molecule has 0 radical (unpaired) electrons. The second-order valence-corrected chi connectivity index (χ2v) is 5.53. The van der Waals surface area contributed by atoms with E-state index in [4.69, 9.17) is 4.74 Å². The van der Waals surface area contributed by atoms with Crippen LogP contribution in [0.25, 0.3) is 11.0 Å². The summed E-state index contributed by atoms with van der Waals surface area (Å²) in [5.74, 6) is -0.125. The molecule has 1 aliphatic rings. The highest BCUT2D eigenvalue weighted by atomic mass is 19.4. The van der Waals surface area contributed by atoms with Crippen molar-refractivity contribution in [2.45, 2.75) is 44.9 Å². The molecule has 22 heavy (non-hydrogen) atoms. The van der Waals surface area contributed by atoms with Crippen molar-refractivity contribution in [2.75, 3.05) is 0 Å². The summed E-state index contributed by atoms with van der Waals surface area (Å²) >= 11 is 0. The highest BCUT2D eigenvalue weighted by molar-refractivity contribution is 5.78. The van der Waals surface area contributed by atoms with Crippen LogP contribution in [0.1, 0.15) is 32.1 Å². The molecule has 1 aliphatic heterocycles. The van der Waals surface area contributed by atoms with Crippen LogP contribution in [0, 0.1) is 5.92 Å². The van der Waals surface area contributed by atoms with E-state index in [0.717, 1.165) is 6.07 Å². The summed E-state index contributed by atoms with van der Waals surface area (Å²) in [4.78, 5) is 0. The van der Waals surface area contributed by atoms with E-state index in [1.54, 1.807) is 0 Å². The van der Waals surface area contributed by atoms with Crippen molar-refractivity contribution in [1.29, 1.82) is 0 Å². The van der Waals surface area contributed by atoms with Crippen LogP contribution in [-0.2, 0) is 10.9 Å². The topological polar surface area (TPSA) is 60.2 Å². The molecule has 1 aromatic heterocycles. The first-order chi connectivity index (χ1) is 10.3. The Morgan fingerprint density at radius 2 is 2.09 bits per heavy atom. The van der Waals surface area contributed by atoms with Gasteiger partial charge in [0.25, 0.3) is 0 Å². The summed E-state index contributed by atoms with van der Waals surface area (Å²) in [6, 6.07) is 3.75. The van der Waals surface area contributed by atoms with E-state index in [2.05, 4.69) is 10.3 Å². The molecule has 0 spiro atoms. The Hall–Kier alpha value is -1.67. The first-order valence-corrected chi connectivity index (χ1v) is 7.09. The minimum atomic E-state index is -4.51. The largest absolute Gasteiger partial charge is 0.418 e. The molecule has 2 aromatic rings. The molecule has 120 valence electrons. The van der Waals surface area contributed by atoms with Gasteiger partial charge < -0.3 is 9.84 Å². The van der Waals surface area contributed by atoms with Gasteiger partial charge in [-0.15, -0.1) is 5.10 Å². The van der Waals surface area contributed by atoms with Gasteiger partial charge in [0.1, 0.15) is 11.6 Å². The molecule has 5 nitrogen and oxygen atoms in total. The molecule has 1 saturated heterocycles. The monoisotopic (exact) mass is 315 g/mol. The van der Waals surface area contributed by atoms with Crippen LogP contribution in [0.3, 0.4) is 0 Å². The fraction of sp³-hybridized carbons (Fsp3) is 0.571. The lowest BCUT2D eigenvalue weighted by molar-refractivity contribution is -0.136. The van der Waals surface area contributed by atoms with E-state index < -0.39 is 24.1 Å². The molecule has 1 fully saturated rings. The van der Waals surface area contributed by atoms with Crippen molar-refractivity contribution < 1.29 is 23.0 Å². The number of fused-ring (bicyclic) bond motifs is 1. The zero-order valence-electron chi connectivity index (χ0n) is 12.1. The number of halogens is 3. The van der Waals surface area contributed by atoms with Crippen LogP contribution < -0.4 is 0 Å². The maximum Gasteiger partial charge on any atom is 0.418 e. The molecule has 0 amide bonds. The number of benzene rings is 1. The Kier molecular flexibility index (Phi) is 3.60. The quantitative estimate of drug-likeness (QED) is 0.926. The first kappa shape index (κ1) is 15.2. The van der Waals surface area contributed by atoms with Crippen LogP contribution in [0.15, 0.2) is 18.2 Å². The summed E-state index contributed by atoms with van der Waals surface area (Å²) in [6.07, 6.45) is -5.63. The van der Waals surface area contributed by atoms with Gasteiger partial charge in [-0.3, -0.25) is 0 Å². The van der Waals surface area contributed by atoms with Crippen LogP contribution in [0.4, 0.5) is 13.2 Å². The van der Waals surface area contributed by atoms with E-state index in [1.165, 1.54) is 16.8 Å². The zero-order valence-corrected chi connectivity index (χ0v) is 12.1. The van der Waals surface area contributed by atoms with Crippen molar-refractivity contribution in [3.8, 4) is 0 Å². The van der Waals surface area contributed by atoms with Crippen LogP contribution in [0.2, 0.25) is 0 Å². The maximum absolute atomic E-state index is 13.0. The molecule has 4 atom stereocenters. The third-order valence-electron chi connectivity index (χ3n) is 4.18. The minimum Gasteiger partial charge on any atom is -0.388 e. The Bertz CT molecular complexity index is 686. The first-order valence-electron chi connectivity index (χ1n) is 7.09. The van der Waals surface area contributed by atoms with Gasteiger partial charge in [0.2, 0.25) is 0 Å². The number of alkyl halides is 3. The van der Waals surface area contributed by atoms with E-state index in [0.29, 0.717) is 6.42 Å². The van der Waals surface area contributed by atoms with Crippen molar-refractivity contribution in [3.05, 3.63) is 23.8 Å². The summed E-state index contributed by atoms with van der Waals surface area (Å²) in [7, 11) is 0. The summed E-state index contributed by atoms with van der Waals surface area (Å²) in [6.45, 7) is 3.77. The van der Waals surface area contributed by atoms with Crippen molar-refractivity contribution in [1.82, 2.24) is 15.0 Å². The molecule has 2 heterocycles. The molecule has 1 aromatic carbocycles. The summed E-state index contributed by atoms with van der Waals surface area (Å²) in [5, 5.41) is 17.7. The Labute approximate surface area is 124 Å². The predicted octanol–water partition coefficient (Wildman–Crippen LogP) is 2.75. The van der Waals surface area contributed by atoms with Gasteiger partial charge >= 0.3 is 6.18 Å².